The zero-order valence-corrected chi connectivity index (χ0v) is 12.2. The number of aromatic nitrogens is 1. The number of benzene rings is 1. The van der Waals surface area contributed by atoms with Gasteiger partial charge in [-0.2, -0.15) is 0 Å². The van der Waals surface area contributed by atoms with Gasteiger partial charge in [0.05, 0.1) is 7.11 Å². The summed E-state index contributed by atoms with van der Waals surface area (Å²) in [5.41, 5.74) is 9.35. The van der Waals surface area contributed by atoms with Crippen LogP contribution in [0.25, 0.3) is 0 Å². The van der Waals surface area contributed by atoms with Crippen LogP contribution in [0.5, 0.6) is 5.75 Å². The molecular weight excluding hydrogens is 250 g/mol. The molecule has 0 radical (unpaired) electrons. The van der Waals surface area contributed by atoms with Crippen LogP contribution < -0.4 is 15.8 Å². The van der Waals surface area contributed by atoms with Crippen molar-refractivity contribution >= 4 is 5.82 Å². The van der Waals surface area contributed by atoms with E-state index in [1.807, 2.05) is 32.2 Å². The molecule has 0 fully saturated rings. The number of pyridine rings is 1. The van der Waals surface area contributed by atoms with E-state index in [1.165, 1.54) is 5.56 Å². The number of nitrogen functional groups attached to an aromatic ring is 1. The number of nitrogens with two attached hydrogens (primary N) is 1. The van der Waals surface area contributed by atoms with Crippen molar-refractivity contribution in [3.8, 4) is 5.75 Å². The summed E-state index contributed by atoms with van der Waals surface area (Å²) in [7, 11) is 3.61. The number of likely N-dealkylation sites (N-methyl/N-ethyl adjacent to an activating group) is 1. The SMILES string of the molecule is CNC(Cc1cccc(OC)c1)c1cc(C)cnc1N. The lowest BCUT2D eigenvalue weighted by Crippen LogP contribution is -2.20. The van der Waals surface area contributed by atoms with Gasteiger partial charge in [-0.1, -0.05) is 12.1 Å². The number of ether oxygens (including phenoxy) is 1. The Morgan fingerprint density at radius 3 is 2.85 bits per heavy atom. The van der Waals surface area contributed by atoms with Crippen molar-refractivity contribution in [1.82, 2.24) is 10.3 Å². The van der Waals surface area contributed by atoms with Gasteiger partial charge >= 0.3 is 0 Å². The number of nitrogens with one attached hydrogen (secondary N) is 1. The monoisotopic (exact) mass is 271 g/mol. The standard InChI is InChI=1S/C16H21N3O/c1-11-7-14(16(17)19-10-11)15(18-2)9-12-5-4-6-13(8-12)20-3/h4-8,10,15,18H,9H2,1-3H3,(H2,17,19). The summed E-state index contributed by atoms with van der Waals surface area (Å²) in [6.07, 6.45) is 2.63. The summed E-state index contributed by atoms with van der Waals surface area (Å²) in [6.45, 7) is 2.02. The van der Waals surface area contributed by atoms with Crippen LogP contribution in [-0.2, 0) is 6.42 Å². The molecule has 0 spiro atoms. The molecule has 20 heavy (non-hydrogen) atoms. The quantitative estimate of drug-likeness (QED) is 0.877. The zero-order chi connectivity index (χ0) is 14.5. The Morgan fingerprint density at radius 2 is 2.15 bits per heavy atom. The minimum Gasteiger partial charge on any atom is -0.497 e. The molecule has 1 aromatic carbocycles. The molecule has 2 rings (SSSR count). The highest BCUT2D eigenvalue weighted by Crippen LogP contribution is 2.24. The molecule has 1 atom stereocenters. The second kappa shape index (κ2) is 6.39. The van der Waals surface area contributed by atoms with Gasteiger partial charge in [-0.05, 0) is 49.7 Å². The zero-order valence-electron chi connectivity index (χ0n) is 12.2. The van der Waals surface area contributed by atoms with Crippen LogP contribution in [0, 0.1) is 6.92 Å². The van der Waals surface area contributed by atoms with Crippen LogP contribution in [0.1, 0.15) is 22.7 Å². The van der Waals surface area contributed by atoms with Crippen molar-refractivity contribution in [2.75, 3.05) is 19.9 Å². The third-order valence-electron chi connectivity index (χ3n) is 3.38. The third kappa shape index (κ3) is 3.27. The Kier molecular flexibility index (Phi) is 4.58. The van der Waals surface area contributed by atoms with Crippen molar-refractivity contribution in [1.29, 1.82) is 0 Å². The second-order valence-corrected chi connectivity index (χ2v) is 4.88. The normalized spacial score (nSPS) is 12.2. The first-order valence-electron chi connectivity index (χ1n) is 6.66. The summed E-state index contributed by atoms with van der Waals surface area (Å²) < 4.78 is 5.26. The molecule has 4 heteroatoms. The molecule has 0 saturated heterocycles. The first-order valence-corrected chi connectivity index (χ1v) is 6.66. The van der Waals surface area contributed by atoms with Gasteiger partial charge in [-0.25, -0.2) is 4.98 Å². The highest BCUT2D eigenvalue weighted by molar-refractivity contribution is 5.44. The van der Waals surface area contributed by atoms with Crippen LogP contribution in [-0.4, -0.2) is 19.1 Å². The van der Waals surface area contributed by atoms with E-state index in [4.69, 9.17) is 10.5 Å². The molecule has 1 aromatic heterocycles. The van der Waals surface area contributed by atoms with Crippen LogP contribution in [0.2, 0.25) is 0 Å². The van der Waals surface area contributed by atoms with Gasteiger partial charge < -0.3 is 15.8 Å². The highest BCUT2D eigenvalue weighted by Gasteiger charge is 2.14. The maximum atomic E-state index is 6.00. The van der Waals surface area contributed by atoms with Crippen LogP contribution in [0.15, 0.2) is 36.5 Å². The van der Waals surface area contributed by atoms with Crippen molar-refractivity contribution in [2.24, 2.45) is 0 Å². The van der Waals surface area contributed by atoms with E-state index in [1.54, 1.807) is 13.3 Å². The van der Waals surface area contributed by atoms with E-state index in [-0.39, 0.29) is 6.04 Å². The average Bonchev–Trinajstić information content (AvgIpc) is 2.47. The fourth-order valence-corrected chi connectivity index (χ4v) is 2.28. The molecule has 0 aliphatic heterocycles. The van der Waals surface area contributed by atoms with E-state index >= 15 is 0 Å². The molecule has 0 bridgehead atoms. The summed E-state index contributed by atoms with van der Waals surface area (Å²) in [6, 6.07) is 10.3. The maximum Gasteiger partial charge on any atom is 0.128 e. The van der Waals surface area contributed by atoms with Gasteiger partial charge in [0, 0.05) is 17.8 Å². The Hall–Kier alpha value is -2.07. The molecule has 0 saturated carbocycles. The van der Waals surface area contributed by atoms with Gasteiger partial charge in [0.15, 0.2) is 0 Å². The Bertz CT molecular complexity index is 584. The first-order chi connectivity index (χ1) is 9.63. The highest BCUT2D eigenvalue weighted by atomic mass is 16.5. The van der Waals surface area contributed by atoms with Crippen LogP contribution in [0.4, 0.5) is 5.82 Å². The Balaban J connectivity index is 2.26. The van der Waals surface area contributed by atoms with Crippen molar-refractivity contribution in [3.63, 3.8) is 0 Å². The van der Waals surface area contributed by atoms with E-state index < -0.39 is 0 Å². The number of hydrogen-bond acceptors (Lipinski definition) is 4. The minimum absolute atomic E-state index is 0.134. The lowest BCUT2D eigenvalue weighted by Gasteiger charge is -2.19. The number of anilines is 1. The number of nitrogens with zero attached hydrogens (tertiary/aromatic N) is 1. The van der Waals surface area contributed by atoms with E-state index in [2.05, 4.69) is 22.4 Å². The number of hydrogen-bond donors (Lipinski definition) is 2. The average molecular weight is 271 g/mol. The number of methoxy groups -OCH3 is 1. The third-order valence-corrected chi connectivity index (χ3v) is 3.38. The predicted octanol–water partition coefficient (Wildman–Crippen LogP) is 2.48. The van der Waals surface area contributed by atoms with Crippen LogP contribution in [0.3, 0.4) is 0 Å². The van der Waals surface area contributed by atoms with Crippen molar-refractivity contribution in [2.45, 2.75) is 19.4 Å². The fourth-order valence-electron chi connectivity index (χ4n) is 2.28. The number of aryl methyl sites for hydroxylation is 1. The Morgan fingerprint density at radius 1 is 1.35 bits per heavy atom. The summed E-state index contributed by atoms with van der Waals surface area (Å²) >= 11 is 0. The second-order valence-electron chi connectivity index (χ2n) is 4.88. The molecular formula is C16H21N3O. The molecule has 4 nitrogen and oxygen atoms in total. The van der Waals surface area contributed by atoms with Crippen LogP contribution >= 0.6 is 0 Å². The smallest absolute Gasteiger partial charge is 0.128 e. The summed E-state index contributed by atoms with van der Waals surface area (Å²) in [5, 5.41) is 3.31. The molecule has 1 unspecified atom stereocenters. The molecule has 0 aliphatic carbocycles. The van der Waals surface area contributed by atoms with E-state index in [0.29, 0.717) is 5.82 Å². The molecule has 2 aromatic rings. The topological polar surface area (TPSA) is 60.2 Å². The van der Waals surface area contributed by atoms with Gasteiger partial charge in [-0.3, -0.25) is 0 Å². The largest absolute Gasteiger partial charge is 0.497 e. The van der Waals surface area contributed by atoms with Gasteiger partial charge in [0.1, 0.15) is 11.6 Å². The number of rotatable bonds is 5. The van der Waals surface area contributed by atoms with Crippen molar-refractivity contribution in [3.05, 3.63) is 53.2 Å². The van der Waals surface area contributed by atoms with Gasteiger partial charge in [-0.15, -0.1) is 0 Å². The fraction of sp³-hybridized carbons (Fsp3) is 0.312. The maximum absolute atomic E-state index is 6.00. The Labute approximate surface area is 120 Å². The lowest BCUT2D eigenvalue weighted by molar-refractivity contribution is 0.414. The molecule has 3 N–H and O–H groups in total. The molecule has 1 heterocycles. The lowest BCUT2D eigenvalue weighted by atomic mass is 9.98. The summed E-state index contributed by atoms with van der Waals surface area (Å²) in [5.74, 6) is 1.45. The molecule has 106 valence electrons. The molecule has 0 amide bonds. The first kappa shape index (κ1) is 14.3. The minimum atomic E-state index is 0.134. The van der Waals surface area contributed by atoms with E-state index in [0.717, 1.165) is 23.3 Å². The predicted molar refractivity (Wildman–Crippen MR) is 81.9 cm³/mol. The molecule has 0 aliphatic rings. The summed E-state index contributed by atoms with van der Waals surface area (Å²) in [4.78, 5) is 4.24. The van der Waals surface area contributed by atoms with E-state index in [9.17, 15) is 0 Å². The van der Waals surface area contributed by atoms with Gasteiger partial charge in [0.2, 0.25) is 0 Å². The van der Waals surface area contributed by atoms with Gasteiger partial charge in [0.25, 0.3) is 0 Å². The van der Waals surface area contributed by atoms with Crippen molar-refractivity contribution < 1.29 is 4.74 Å².